The van der Waals surface area contributed by atoms with Gasteiger partial charge in [-0.15, -0.1) is 6.58 Å². The van der Waals surface area contributed by atoms with Crippen LogP contribution in [0.3, 0.4) is 0 Å². The van der Waals surface area contributed by atoms with Crippen LogP contribution in [0.25, 0.3) is 0 Å². The maximum absolute atomic E-state index is 15.2. The third kappa shape index (κ3) is 21.7. The Morgan fingerprint density at radius 1 is 0.489 bits per heavy atom. The van der Waals surface area contributed by atoms with Gasteiger partial charge in [0.05, 0.1) is 12.6 Å². The van der Waals surface area contributed by atoms with Crippen molar-refractivity contribution in [3.05, 3.63) is 24.8 Å². The van der Waals surface area contributed by atoms with Gasteiger partial charge in [-0.25, -0.2) is 0 Å². The van der Waals surface area contributed by atoms with Crippen LogP contribution in [0.15, 0.2) is 24.8 Å². The second-order valence-corrected chi connectivity index (χ2v) is 26.8. The molecular formula is C65H115N11O12. The summed E-state index contributed by atoms with van der Waals surface area (Å²) in [5, 5.41) is 20.3. The molecule has 0 radical (unpaired) electrons. The molecule has 4 N–H and O–H groups in total. The molecule has 1 aliphatic heterocycles. The van der Waals surface area contributed by atoms with Crippen LogP contribution in [0.2, 0.25) is 0 Å². The molecule has 1 fully saturated rings. The van der Waals surface area contributed by atoms with Crippen LogP contribution in [0.1, 0.15) is 156 Å². The van der Waals surface area contributed by atoms with Crippen molar-refractivity contribution in [1.29, 1.82) is 0 Å². The molecule has 23 nitrogen and oxygen atoms in total. The molecule has 0 bridgehead atoms. The van der Waals surface area contributed by atoms with Gasteiger partial charge >= 0.3 is 0 Å². The molecule has 0 spiro atoms. The van der Waals surface area contributed by atoms with Crippen molar-refractivity contribution in [2.75, 3.05) is 62.4 Å². The number of rotatable bonds is 17. The van der Waals surface area contributed by atoms with Gasteiger partial charge in [0.25, 0.3) is 0 Å². The van der Waals surface area contributed by atoms with Crippen molar-refractivity contribution >= 4 is 65.0 Å². The number of nitrogens with zero attached hydrogens (tertiary/aromatic N) is 8. The van der Waals surface area contributed by atoms with Crippen LogP contribution in [-0.4, -0.2) is 238 Å². The number of hydrogen-bond acceptors (Lipinski definition) is 12. The van der Waals surface area contributed by atoms with Crippen molar-refractivity contribution in [1.82, 2.24) is 55.1 Å². The van der Waals surface area contributed by atoms with Gasteiger partial charge in [0.1, 0.15) is 60.4 Å². The minimum absolute atomic E-state index is 0.0155. The topological polar surface area (TPSA) is 270 Å². The minimum Gasteiger partial charge on any atom is -0.390 e. The highest BCUT2D eigenvalue weighted by Crippen LogP contribution is 2.27. The molecule has 1 saturated heterocycles. The Labute approximate surface area is 527 Å². The molecule has 11 amide bonds. The molecule has 0 aliphatic carbocycles. The molecule has 0 aromatic rings. The molecule has 0 unspecified atom stereocenters. The van der Waals surface area contributed by atoms with E-state index in [4.69, 9.17) is 0 Å². The summed E-state index contributed by atoms with van der Waals surface area (Å²) >= 11 is 0. The second kappa shape index (κ2) is 36.3. The van der Waals surface area contributed by atoms with Gasteiger partial charge in [-0.05, 0) is 101 Å². The first-order chi connectivity index (χ1) is 40.7. The first-order valence-electron chi connectivity index (χ1n) is 31.6. The van der Waals surface area contributed by atoms with Crippen LogP contribution < -0.4 is 16.0 Å². The number of aliphatic hydroxyl groups excluding tert-OH is 1. The zero-order valence-electron chi connectivity index (χ0n) is 58.0. The quantitative estimate of drug-likeness (QED) is 0.150. The number of hydrogen-bond donors (Lipinski definition) is 4. The Bertz CT molecular complexity index is 2430. The monoisotopic (exact) mass is 1240 g/mol. The van der Waals surface area contributed by atoms with Crippen LogP contribution in [-0.2, 0) is 52.7 Å². The van der Waals surface area contributed by atoms with E-state index in [9.17, 15) is 33.9 Å². The molecule has 0 saturated carbocycles. The molecule has 88 heavy (non-hydrogen) atoms. The second-order valence-electron chi connectivity index (χ2n) is 26.8. The van der Waals surface area contributed by atoms with Gasteiger partial charge in [0.15, 0.2) is 0 Å². The molecule has 502 valence electrons. The first-order valence-corrected chi connectivity index (χ1v) is 31.6. The summed E-state index contributed by atoms with van der Waals surface area (Å²) in [4.78, 5) is 172. The highest BCUT2D eigenvalue weighted by Gasteiger charge is 2.46. The zero-order chi connectivity index (χ0) is 68.3. The first kappa shape index (κ1) is 79.6. The molecule has 23 heteroatoms. The molecule has 0 aromatic heterocycles. The lowest BCUT2D eigenvalue weighted by molar-refractivity contribution is -0.157. The van der Waals surface area contributed by atoms with Crippen LogP contribution in [0.4, 0.5) is 0 Å². The number of aliphatic hydroxyl groups is 1. The number of carbonyl (C=O) groups excluding carboxylic acids is 11. The van der Waals surface area contributed by atoms with Gasteiger partial charge < -0.3 is 60.3 Å². The van der Waals surface area contributed by atoms with E-state index in [1.54, 1.807) is 54.5 Å². The van der Waals surface area contributed by atoms with E-state index in [-0.39, 0.29) is 62.3 Å². The van der Waals surface area contributed by atoms with E-state index in [0.29, 0.717) is 6.42 Å². The van der Waals surface area contributed by atoms with Crippen molar-refractivity contribution < 1.29 is 57.8 Å². The molecule has 0 aromatic carbocycles. The van der Waals surface area contributed by atoms with Crippen LogP contribution in [0.5, 0.6) is 0 Å². The third-order valence-electron chi connectivity index (χ3n) is 16.7. The number of likely N-dealkylation sites (N-methyl/N-ethyl adjacent to an activating group) is 7. The van der Waals surface area contributed by atoms with E-state index in [1.807, 2.05) is 61.5 Å². The maximum Gasteiger partial charge on any atom is 0.246 e. The zero-order valence-corrected chi connectivity index (χ0v) is 58.0. The predicted molar refractivity (Wildman–Crippen MR) is 342 cm³/mol. The average Bonchev–Trinajstić information content (AvgIpc) is 2.97. The van der Waals surface area contributed by atoms with E-state index < -0.39 is 156 Å². The Kier molecular flexibility index (Phi) is 32.9. The van der Waals surface area contributed by atoms with Crippen molar-refractivity contribution in [3.8, 4) is 0 Å². The van der Waals surface area contributed by atoms with Crippen molar-refractivity contribution in [2.24, 2.45) is 41.4 Å². The Morgan fingerprint density at radius 2 is 0.898 bits per heavy atom. The SMILES string of the molecule is C=CCN1C(=O)[C@H](CC(C)C)N(C)C(=O)CN(C)C(=O)[C@H](CC)NC(=O)[C@H]([C@H](O)[C@H](C)C/C=C/C)N(C)C(=O)[C@H](C(C)C)N(C)C(=O)[C@H](CC(C)C)N(C)C(=O)[C@H](CC(C)C)N(C)C(=O)[C@@H](C)NC(=O)[C@H](C)NC(=O)[C@H](CC(C)C)N(C)C(=O)[C@@H]1C(C)C. The number of carbonyl (C=O) groups is 11. The summed E-state index contributed by atoms with van der Waals surface area (Å²) < 4.78 is 0. The molecule has 1 aliphatic rings. The molecule has 1 rings (SSSR count). The normalized spacial score (nSPS) is 26.5. The molecule has 1 heterocycles. The highest BCUT2D eigenvalue weighted by molar-refractivity contribution is 5.99. The molecular weight excluding hydrogens is 1130 g/mol. The third-order valence-corrected chi connectivity index (χ3v) is 16.7. The number of allylic oxidation sites excluding steroid dienone is 2. The fourth-order valence-corrected chi connectivity index (χ4v) is 11.3. The fourth-order valence-electron chi connectivity index (χ4n) is 11.3. The summed E-state index contributed by atoms with van der Waals surface area (Å²) in [5.74, 6) is -9.74. The summed E-state index contributed by atoms with van der Waals surface area (Å²) in [7, 11) is 9.96. The Hall–Kier alpha value is -6.39. The Balaban J connectivity index is 4.44. The summed E-state index contributed by atoms with van der Waals surface area (Å²) in [5.41, 5.74) is 0. The average molecular weight is 1240 g/mol. The van der Waals surface area contributed by atoms with Crippen molar-refractivity contribution in [3.63, 3.8) is 0 Å². The Morgan fingerprint density at radius 3 is 1.34 bits per heavy atom. The summed E-state index contributed by atoms with van der Waals surface area (Å²) in [6.07, 6.45) is 4.46. The minimum atomic E-state index is -1.62. The van der Waals surface area contributed by atoms with E-state index in [2.05, 4.69) is 22.5 Å². The van der Waals surface area contributed by atoms with Gasteiger partial charge in [-0.3, -0.25) is 52.7 Å². The van der Waals surface area contributed by atoms with Gasteiger partial charge in [-0.2, -0.15) is 0 Å². The van der Waals surface area contributed by atoms with Crippen LogP contribution >= 0.6 is 0 Å². The standard InChI is InChI=1S/C65H115N11O12/c1-26-29-30-43(16)55(78)54-58(81)68-46(28-3)60(83)69(19)36-51(77)70(20)50(35-40(10)11)63(86)76(31-27-2)53(42(14)15)65(88)71(21)47(32-37(4)5)57(80)66-44(17)56(79)67-45(18)59(82)72(22)48(33-38(6)7)61(84)73(23)49(34-39(8)9)62(85)74(24)52(41(12)13)64(87)75(54)25/h26-27,29,37-50,52-55,78H,2,28,30-36H2,1,3-25H3,(H,66,80)(H,67,79)(H,68,81)/b29-26+/t43-,44+,45-,46+,47+,48+,49+,50+,52+,53+,54+,55-/m1/s1. The lowest BCUT2D eigenvalue weighted by Gasteiger charge is -2.41. The van der Waals surface area contributed by atoms with E-state index >= 15 is 24.0 Å². The lowest BCUT2D eigenvalue weighted by Crippen LogP contribution is -2.63. The number of nitrogens with one attached hydrogen (secondary N) is 3. The number of amides is 11. The van der Waals surface area contributed by atoms with Crippen LogP contribution in [0, 0.1) is 41.4 Å². The highest BCUT2D eigenvalue weighted by atomic mass is 16.3. The molecule has 12 atom stereocenters. The summed E-state index contributed by atoms with van der Waals surface area (Å²) in [6, 6.07) is -12.4. The summed E-state index contributed by atoms with van der Waals surface area (Å²) in [6.45, 7) is 33.2. The smallest absolute Gasteiger partial charge is 0.246 e. The largest absolute Gasteiger partial charge is 0.390 e. The van der Waals surface area contributed by atoms with Crippen molar-refractivity contribution in [2.45, 2.75) is 223 Å². The van der Waals surface area contributed by atoms with Gasteiger partial charge in [0, 0.05) is 55.9 Å². The van der Waals surface area contributed by atoms with E-state index in [0.717, 1.165) is 9.80 Å². The maximum atomic E-state index is 15.2. The van der Waals surface area contributed by atoms with Gasteiger partial charge in [0.2, 0.25) is 65.0 Å². The van der Waals surface area contributed by atoms with E-state index in [1.165, 1.54) is 98.7 Å². The lowest BCUT2D eigenvalue weighted by atomic mass is 9.91. The van der Waals surface area contributed by atoms with Gasteiger partial charge in [-0.1, -0.05) is 115 Å². The predicted octanol–water partition coefficient (Wildman–Crippen LogP) is 4.17. The fraction of sp³-hybridized carbons (Fsp3) is 0.769.